The summed E-state index contributed by atoms with van der Waals surface area (Å²) >= 11 is 11.2. The molecular formula is C11H12ClN3OS. The first-order valence-corrected chi connectivity index (χ1v) is 6.34. The van der Waals surface area contributed by atoms with E-state index in [0.29, 0.717) is 15.7 Å². The molecule has 2 aromatic heterocycles. The zero-order valence-corrected chi connectivity index (χ0v) is 10.7. The third-order valence-electron chi connectivity index (χ3n) is 3.04. The molecule has 2 aromatic rings. The Kier molecular flexibility index (Phi) is 2.90. The lowest BCUT2D eigenvalue weighted by Gasteiger charge is -2.08. The number of ether oxygens (including phenoxy) is 1. The molecule has 3 heterocycles. The predicted octanol–water partition coefficient (Wildman–Crippen LogP) is 2.78. The molecule has 4 nitrogen and oxygen atoms in total. The summed E-state index contributed by atoms with van der Waals surface area (Å²) in [5, 5.41) is 0.616. The van der Waals surface area contributed by atoms with Gasteiger partial charge in [-0.25, -0.2) is 4.98 Å². The highest BCUT2D eigenvalue weighted by Gasteiger charge is 2.18. The molecule has 90 valence electrons. The topological polar surface area (TPSA) is 42.8 Å². The van der Waals surface area contributed by atoms with E-state index in [4.69, 9.17) is 28.6 Å². The Balaban J connectivity index is 2.02. The average molecular weight is 270 g/mol. The number of hydrogen-bond donors (Lipinski definition) is 1. The molecule has 0 aromatic carbocycles. The standard InChI is InChI=1S/C11H12ClN3OS/c12-8-3-9-10(13-4-8)15(11(17)14-9)5-7-1-2-16-6-7/h3-4,7H,1-2,5-6H2,(H,14,17). The maximum absolute atomic E-state index is 5.90. The third kappa shape index (κ3) is 2.10. The van der Waals surface area contributed by atoms with E-state index in [0.717, 1.165) is 37.3 Å². The summed E-state index contributed by atoms with van der Waals surface area (Å²) < 4.78 is 8.10. The number of nitrogens with zero attached hydrogens (tertiary/aromatic N) is 2. The number of aromatic amines is 1. The monoisotopic (exact) mass is 269 g/mol. The zero-order valence-electron chi connectivity index (χ0n) is 9.15. The Morgan fingerprint density at radius 1 is 1.65 bits per heavy atom. The fourth-order valence-electron chi connectivity index (χ4n) is 2.17. The van der Waals surface area contributed by atoms with Crippen molar-refractivity contribution in [3.05, 3.63) is 22.1 Å². The van der Waals surface area contributed by atoms with Crippen LogP contribution < -0.4 is 0 Å². The first kappa shape index (κ1) is 11.2. The highest BCUT2D eigenvalue weighted by molar-refractivity contribution is 7.71. The Hall–Kier alpha value is -0.910. The van der Waals surface area contributed by atoms with Gasteiger partial charge in [0.25, 0.3) is 0 Å². The Bertz CT molecular complexity index is 600. The molecule has 1 N–H and O–H groups in total. The van der Waals surface area contributed by atoms with Crippen LogP contribution in [0.2, 0.25) is 5.02 Å². The van der Waals surface area contributed by atoms with Gasteiger partial charge in [-0.1, -0.05) is 11.6 Å². The number of imidazole rings is 1. The summed E-state index contributed by atoms with van der Waals surface area (Å²) in [7, 11) is 0. The summed E-state index contributed by atoms with van der Waals surface area (Å²) in [5.74, 6) is 0.526. The number of fused-ring (bicyclic) bond motifs is 1. The van der Waals surface area contributed by atoms with Crippen LogP contribution in [-0.4, -0.2) is 27.7 Å². The molecule has 17 heavy (non-hydrogen) atoms. The van der Waals surface area contributed by atoms with Crippen LogP contribution in [0.4, 0.5) is 0 Å². The molecule has 6 heteroatoms. The number of aromatic nitrogens is 3. The van der Waals surface area contributed by atoms with Crippen molar-refractivity contribution in [2.75, 3.05) is 13.2 Å². The summed E-state index contributed by atoms with van der Waals surface area (Å²) in [6, 6.07) is 1.85. The molecule has 1 aliphatic rings. The van der Waals surface area contributed by atoms with Gasteiger partial charge < -0.3 is 14.3 Å². The minimum Gasteiger partial charge on any atom is -0.381 e. The van der Waals surface area contributed by atoms with Gasteiger partial charge in [-0.15, -0.1) is 0 Å². The van der Waals surface area contributed by atoms with Crippen LogP contribution in [0.25, 0.3) is 11.2 Å². The molecule has 0 bridgehead atoms. The molecule has 0 spiro atoms. The number of pyridine rings is 1. The fourth-order valence-corrected chi connectivity index (χ4v) is 2.60. The molecule has 1 saturated heterocycles. The Morgan fingerprint density at radius 3 is 3.29 bits per heavy atom. The SMILES string of the molecule is S=c1[nH]c2cc(Cl)cnc2n1CC1CCOC1. The second-order valence-electron chi connectivity index (χ2n) is 4.30. The van der Waals surface area contributed by atoms with Crippen molar-refractivity contribution >= 4 is 35.0 Å². The smallest absolute Gasteiger partial charge is 0.179 e. The molecule has 0 aliphatic carbocycles. The van der Waals surface area contributed by atoms with Gasteiger partial charge in [0, 0.05) is 25.3 Å². The van der Waals surface area contributed by atoms with E-state index in [-0.39, 0.29) is 0 Å². The highest BCUT2D eigenvalue weighted by atomic mass is 35.5. The van der Waals surface area contributed by atoms with Crippen molar-refractivity contribution < 1.29 is 4.74 Å². The third-order valence-corrected chi connectivity index (χ3v) is 3.57. The number of hydrogen-bond acceptors (Lipinski definition) is 3. The predicted molar refractivity (Wildman–Crippen MR) is 68.9 cm³/mol. The quantitative estimate of drug-likeness (QED) is 0.853. The lowest BCUT2D eigenvalue weighted by Crippen LogP contribution is -2.11. The van der Waals surface area contributed by atoms with Crippen LogP contribution in [0, 0.1) is 10.7 Å². The van der Waals surface area contributed by atoms with Crippen molar-refractivity contribution in [2.45, 2.75) is 13.0 Å². The van der Waals surface area contributed by atoms with Crippen molar-refractivity contribution in [2.24, 2.45) is 5.92 Å². The van der Waals surface area contributed by atoms with Crippen LogP contribution >= 0.6 is 23.8 Å². The van der Waals surface area contributed by atoms with Gasteiger partial charge in [-0.05, 0) is 24.7 Å². The zero-order chi connectivity index (χ0) is 11.8. The molecule has 0 saturated carbocycles. The molecule has 1 atom stereocenters. The van der Waals surface area contributed by atoms with Crippen molar-refractivity contribution in [3.8, 4) is 0 Å². The van der Waals surface area contributed by atoms with E-state index in [9.17, 15) is 0 Å². The van der Waals surface area contributed by atoms with Crippen molar-refractivity contribution in [1.82, 2.24) is 14.5 Å². The maximum atomic E-state index is 5.90. The van der Waals surface area contributed by atoms with E-state index >= 15 is 0 Å². The molecule has 0 amide bonds. The number of nitrogens with one attached hydrogen (secondary N) is 1. The second kappa shape index (κ2) is 4.40. The lowest BCUT2D eigenvalue weighted by atomic mass is 10.1. The van der Waals surface area contributed by atoms with Gasteiger partial charge in [-0.2, -0.15) is 0 Å². The van der Waals surface area contributed by atoms with E-state index in [1.807, 2.05) is 10.6 Å². The van der Waals surface area contributed by atoms with E-state index in [1.54, 1.807) is 6.20 Å². The minimum absolute atomic E-state index is 0.526. The van der Waals surface area contributed by atoms with Crippen LogP contribution in [-0.2, 0) is 11.3 Å². The first-order valence-electron chi connectivity index (χ1n) is 5.56. The summed E-state index contributed by atoms with van der Waals surface area (Å²) in [6.45, 7) is 2.51. The van der Waals surface area contributed by atoms with Crippen LogP contribution in [0.3, 0.4) is 0 Å². The van der Waals surface area contributed by atoms with Gasteiger partial charge >= 0.3 is 0 Å². The normalized spacial score (nSPS) is 20.2. The van der Waals surface area contributed by atoms with Crippen LogP contribution in [0.5, 0.6) is 0 Å². The highest BCUT2D eigenvalue weighted by Crippen LogP contribution is 2.20. The molecule has 0 radical (unpaired) electrons. The molecule has 1 unspecified atom stereocenters. The van der Waals surface area contributed by atoms with Crippen LogP contribution in [0.15, 0.2) is 12.3 Å². The van der Waals surface area contributed by atoms with Gasteiger partial charge in [0.15, 0.2) is 10.4 Å². The lowest BCUT2D eigenvalue weighted by molar-refractivity contribution is 0.182. The minimum atomic E-state index is 0.526. The summed E-state index contributed by atoms with van der Waals surface area (Å²) in [4.78, 5) is 7.47. The van der Waals surface area contributed by atoms with Gasteiger partial charge in [0.1, 0.15) is 0 Å². The molecule has 1 aliphatic heterocycles. The second-order valence-corrected chi connectivity index (χ2v) is 5.12. The van der Waals surface area contributed by atoms with Gasteiger partial charge in [-0.3, -0.25) is 0 Å². The van der Waals surface area contributed by atoms with Crippen molar-refractivity contribution in [1.29, 1.82) is 0 Å². The van der Waals surface area contributed by atoms with Crippen LogP contribution in [0.1, 0.15) is 6.42 Å². The van der Waals surface area contributed by atoms with Gasteiger partial charge in [0.2, 0.25) is 0 Å². The molecular weight excluding hydrogens is 258 g/mol. The number of halogens is 1. The summed E-state index contributed by atoms with van der Waals surface area (Å²) in [5.41, 5.74) is 1.76. The number of H-pyrrole nitrogens is 1. The number of rotatable bonds is 2. The van der Waals surface area contributed by atoms with Gasteiger partial charge in [0.05, 0.1) is 17.1 Å². The average Bonchev–Trinajstić information content (AvgIpc) is 2.88. The van der Waals surface area contributed by atoms with E-state index in [1.165, 1.54) is 0 Å². The fraction of sp³-hybridized carbons (Fsp3) is 0.455. The van der Waals surface area contributed by atoms with Crippen molar-refractivity contribution in [3.63, 3.8) is 0 Å². The largest absolute Gasteiger partial charge is 0.381 e. The first-order chi connectivity index (χ1) is 8.24. The van der Waals surface area contributed by atoms with E-state index < -0.39 is 0 Å². The molecule has 3 rings (SSSR count). The summed E-state index contributed by atoms with van der Waals surface area (Å²) in [6.07, 6.45) is 2.73. The Morgan fingerprint density at radius 2 is 2.53 bits per heavy atom. The molecule has 1 fully saturated rings. The van der Waals surface area contributed by atoms with E-state index in [2.05, 4.69) is 9.97 Å². The Labute approximate surface area is 109 Å². The maximum Gasteiger partial charge on any atom is 0.179 e.